The summed E-state index contributed by atoms with van der Waals surface area (Å²) < 4.78 is 50.0. The predicted octanol–water partition coefficient (Wildman–Crippen LogP) is 2.37. The quantitative estimate of drug-likeness (QED) is 0.619. The third-order valence-corrected chi connectivity index (χ3v) is 5.80. The summed E-state index contributed by atoms with van der Waals surface area (Å²) in [6.07, 6.45) is 1.27. The van der Waals surface area contributed by atoms with Gasteiger partial charge in [0.05, 0.1) is 5.02 Å². The SMILES string of the molecule is C[C@@H]1CN(Cc2ccc(F)cc2)CCN1C(=O)COc1ncc(Cl)cc1CS(=O)(=O)O. The van der Waals surface area contributed by atoms with Crippen LogP contribution in [-0.2, 0) is 27.2 Å². The van der Waals surface area contributed by atoms with Gasteiger partial charge in [-0.3, -0.25) is 14.2 Å². The Kier molecular flexibility index (Phi) is 7.47. The van der Waals surface area contributed by atoms with E-state index in [4.69, 9.17) is 20.9 Å². The van der Waals surface area contributed by atoms with Gasteiger partial charge in [0, 0.05) is 44.0 Å². The summed E-state index contributed by atoms with van der Waals surface area (Å²) in [6.45, 7) is 4.07. The highest BCUT2D eigenvalue weighted by atomic mass is 35.5. The lowest BCUT2D eigenvalue weighted by molar-refractivity contribution is -0.138. The molecule has 31 heavy (non-hydrogen) atoms. The fraction of sp³-hybridized carbons (Fsp3) is 0.400. The fourth-order valence-electron chi connectivity index (χ4n) is 3.51. The number of rotatable bonds is 7. The summed E-state index contributed by atoms with van der Waals surface area (Å²) in [7, 11) is -4.32. The average Bonchev–Trinajstić information content (AvgIpc) is 2.68. The minimum absolute atomic E-state index is 0.0687. The van der Waals surface area contributed by atoms with Crippen LogP contribution >= 0.6 is 11.6 Å². The van der Waals surface area contributed by atoms with E-state index in [1.807, 2.05) is 6.92 Å². The molecular formula is C20H23ClFN3O5S. The molecule has 3 rings (SSSR count). The Hall–Kier alpha value is -2.27. The van der Waals surface area contributed by atoms with Gasteiger partial charge in [0.1, 0.15) is 11.6 Å². The van der Waals surface area contributed by atoms with Crippen LogP contribution in [0, 0.1) is 5.82 Å². The van der Waals surface area contributed by atoms with Crippen LogP contribution in [0.15, 0.2) is 36.5 Å². The van der Waals surface area contributed by atoms with Gasteiger partial charge in [-0.05, 0) is 30.7 Å². The molecule has 1 amide bonds. The number of piperazine rings is 1. The molecule has 0 unspecified atom stereocenters. The largest absolute Gasteiger partial charge is 0.467 e. The Morgan fingerprint density at radius 1 is 1.32 bits per heavy atom. The maximum absolute atomic E-state index is 13.1. The fourth-order valence-corrected chi connectivity index (χ4v) is 4.29. The first-order valence-corrected chi connectivity index (χ1v) is 11.6. The summed E-state index contributed by atoms with van der Waals surface area (Å²) >= 11 is 5.84. The van der Waals surface area contributed by atoms with E-state index in [9.17, 15) is 17.6 Å². The van der Waals surface area contributed by atoms with Crippen molar-refractivity contribution in [3.05, 3.63) is 58.5 Å². The third-order valence-electron chi connectivity index (χ3n) is 4.91. The molecule has 0 bridgehead atoms. The molecule has 0 spiro atoms. The van der Waals surface area contributed by atoms with E-state index in [0.29, 0.717) is 26.2 Å². The Morgan fingerprint density at radius 3 is 2.68 bits per heavy atom. The number of amides is 1. The molecule has 1 saturated heterocycles. The number of ether oxygens (including phenoxy) is 1. The van der Waals surface area contributed by atoms with E-state index < -0.39 is 15.9 Å². The van der Waals surface area contributed by atoms with Crippen LogP contribution in [0.4, 0.5) is 4.39 Å². The predicted molar refractivity (Wildman–Crippen MR) is 113 cm³/mol. The van der Waals surface area contributed by atoms with Crippen LogP contribution in [0.3, 0.4) is 0 Å². The van der Waals surface area contributed by atoms with Gasteiger partial charge in [-0.1, -0.05) is 23.7 Å². The first-order chi connectivity index (χ1) is 14.6. The zero-order valence-corrected chi connectivity index (χ0v) is 18.4. The monoisotopic (exact) mass is 471 g/mol. The van der Waals surface area contributed by atoms with Crippen LogP contribution in [0.2, 0.25) is 5.02 Å². The van der Waals surface area contributed by atoms with Crippen LogP contribution in [0.25, 0.3) is 0 Å². The van der Waals surface area contributed by atoms with Gasteiger partial charge in [-0.25, -0.2) is 9.37 Å². The molecule has 0 aliphatic carbocycles. The van der Waals surface area contributed by atoms with Crippen molar-refractivity contribution in [1.29, 1.82) is 0 Å². The molecule has 1 aromatic heterocycles. The molecule has 1 atom stereocenters. The van der Waals surface area contributed by atoms with Gasteiger partial charge < -0.3 is 9.64 Å². The second-order valence-electron chi connectivity index (χ2n) is 7.43. The summed E-state index contributed by atoms with van der Waals surface area (Å²) in [6, 6.07) is 7.59. The Balaban J connectivity index is 1.56. The number of benzene rings is 1. The van der Waals surface area contributed by atoms with Gasteiger partial charge in [0.2, 0.25) is 5.88 Å². The molecule has 0 radical (unpaired) electrons. The van der Waals surface area contributed by atoms with Crippen molar-refractivity contribution >= 4 is 27.6 Å². The van der Waals surface area contributed by atoms with Crippen molar-refractivity contribution in [2.24, 2.45) is 0 Å². The van der Waals surface area contributed by atoms with E-state index in [1.54, 1.807) is 17.0 Å². The maximum atomic E-state index is 13.1. The zero-order chi connectivity index (χ0) is 22.6. The normalized spacial score (nSPS) is 17.5. The molecule has 1 N–H and O–H groups in total. The summed E-state index contributed by atoms with van der Waals surface area (Å²) in [5, 5.41) is 0.184. The second-order valence-corrected chi connectivity index (χ2v) is 9.32. The highest BCUT2D eigenvalue weighted by molar-refractivity contribution is 7.85. The number of halogens is 2. The number of aromatic nitrogens is 1. The van der Waals surface area contributed by atoms with Crippen molar-refractivity contribution < 1.29 is 26.9 Å². The molecule has 0 saturated carbocycles. The number of pyridine rings is 1. The second kappa shape index (κ2) is 9.90. The molecule has 1 fully saturated rings. The Labute approximate surface area is 185 Å². The first-order valence-electron chi connectivity index (χ1n) is 9.59. The highest BCUT2D eigenvalue weighted by Crippen LogP contribution is 2.22. The number of carbonyl (C=O) groups excluding carboxylic acids is 1. The first kappa shape index (κ1) is 23.4. The van der Waals surface area contributed by atoms with E-state index in [-0.39, 0.29) is 40.8 Å². The van der Waals surface area contributed by atoms with Gasteiger partial charge in [0.15, 0.2) is 6.61 Å². The van der Waals surface area contributed by atoms with Gasteiger partial charge in [-0.15, -0.1) is 0 Å². The summed E-state index contributed by atoms with van der Waals surface area (Å²) in [4.78, 5) is 20.5. The molecule has 1 aromatic carbocycles. The van der Waals surface area contributed by atoms with Crippen LogP contribution in [0.5, 0.6) is 5.88 Å². The number of carbonyl (C=O) groups is 1. The number of hydrogen-bond donors (Lipinski definition) is 1. The van der Waals surface area contributed by atoms with Crippen LogP contribution in [-0.4, -0.2) is 65.9 Å². The zero-order valence-electron chi connectivity index (χ0n) is 16.9. The highest BCUT2D eigenvalue weighted by Gasteiger charge is 2.28. The molecule has 8 nitrogen and oxygen atoms in total. The Bertz CT molecular complexity index is 1040. The molecule has 11 heteroatoms. The van der Waals surface area contributed by atoms with Crippen molar-refractivity contribution in [2.75, 3.05) is 26.2 Å². The average molecular weight is 472 g/mol. The molecular weight excluding hydrogens is 449 g/mol. The van der Waals surface area contributed by atoms with E-state index in [1.165, 1.54) is 24.4 Å². The third kappa shape index (κ3) is 6.86. The smallest absolute Gasteiger partial charge is 0.269 e. The van der Waals surface area contributed by atoms with E-state index >= 15 is 0 Å². The lowest BCUT2D eigenvalue weighted by atomic mass is 10.1. The molecule has 2 heterocycles. The minimum atomic E-state index is -4.32. The molecule has 1 aliphatic heterocycles. The lowest BCUT2D eigenvalue weighted by Gasteiger charge is -2.39. The number of hydrogen-bond acceptors (Lipinski definition) is 6. The van der Waals surface area contributed by atoms with Gasteiger partial charge in [0.25, 0.3) is 16.0 Å². The Morgan fingerprint density at radius 2 is 2.03 bits per heavy atom. The summed E-state index contributed by atoms with van der Waals surface area (Å²) in [5.41, 5.74) is 1.07. The van der Waals surface area contributed by atoms with E-state index in [2.05, 4.69) is 9.88 Å². The molecule has 2 aromatic rings. The standard InChI is InChI=1S/C20H23ClFN3O5S/c1-14-10-24(11-15-2-4-18(22)5-3-15)6-7-25(14)19(26)12-30-20-16(13-31(27,28)29)8-17(21)9-23-20/h2-5,8-9,14H,6-7,10-13H2,1H3,(H,27,28,29)/t14-/m1/s1. The minimum Gasteiger partial charge on any atom is -0.467 e. The van der Waals surface area contributed by atoms with Crippen molar-refractivity contribution in [1.82, 2.24) is 14.8 Å². The van der Waals surface area contributed by atoms with Crippen LogP contribution < -0.4 is 4.74 Å². The van der Waals surface area contributed by atoms with Gasteiger partial charge >= 0.3 is 0 Å². The van der Waals surface area contributed by atoms with Crippen molar-refractivity contribution in [2.45, 2.75) is 25.3 Å². The lowest BCUT2D eigenvalue weighted by Crippen LogP contribution is -2.54. The van der Waals surface area contributed by atoms with Gasteiger partial charge in [-0.2, -0.15) is 8.42 Å². The van der Waals surface area contributed by atoms with E-state index in [0.717, 1.165) is 5.56 Å². The van der Waals surface area contributed by atoms with Crippen molar-refractivity contribution in [3.8, 4) is 5.88 Å². The van der Waals surface area contributed by atoms with Crippen molar-refractivity contribution in [3.63, 3.8) is 0 Å². The molecule has 168 valence electrons. The number of nitrogens with zero attached hydrogens (tertiary/aromatic N) is 3. The maximum Gasteiger partial charge on any atom is 0.269 e. The topological polar surface area (TPSA) is 100 Å². The van der Waals surface area contributed by atoms with Crippen LogP contribution in [0.1, 0.15) is 18.1 Å². The summed E-state index contributed by atoms with van der Waals surface area (Å²) in [5.74, 6) is -1.33. The molecule has 1 aliphatic rings.